The molecule has 10 heteroatoms. The van der Waals surface area contributed by atoms with Gasteiger partial charge in [0.15, 0.2) is 5.75 Å². The number of rotatable bonds is 5. The largest absolute Gasteiger partial charge is 0.453 e. The highest BCUT2D eigenvalue weighted by Gasteiger charge is 2.20. The van der Waals surface area contributed by atoms with Gasteiger partial charge in [-0.3, -0.25) is 9.97 Å². The van der Waals surface area contributed by atoms with Gasteiger partial charge in [0.2, 0.25) is 5.65 Å². The Hall–Kier alpha value is -3.75. The van der Waals surface area contributed by atoms with Crippen molar-refractivity contribution in [2.24, 2.45) is 0 Å². The highest BCUT2D eigenvalue weighted by atomic mass is 35.5. The molecule has 0 aliphatic rings. The Bertz CT molecular complexity index is 1470. The van der Waals surface area contributed by atoms with Crippen LogP contribution in [0.5, 0.6) is 11.5 Å². The predicted octanol–water partition coefficient (Wildman–Crippen LogP) is 4.50. The van der Waals surface area contributed by atoms with E-state index >= 15 is 0 Å². The van der Waals surface area contributed by atoms with Crippen LogP contribution in [-0.2, 0) is 6.54 Å². The first-order chi connectivity index (χ1) is 15.6. The summed E-state index contributed by atoms with van der Waals surface area (Å²) in [6, 6.07) is 14.2. The van der Waals surface area contributed by atoms with Gasteiger partial charge in [-0.2, -0.15) is 9.61 Å². The van der Waals surface area contributed by atoms with Gasteiger partial charge >= 0.3 is 5.69 Å². The van der Waals surface area contributed by atoms with E-state index in [0.717, 1.165) is 5.56 Å². The topological polar surface area (TPSA) is 87.2 Å². The van der Waals surface area contributed by atoms with Gasteiger partial charge in [-0.25, -0.2) is 9.48 Å². The summed E-state index contributed by atoms with van der Waals surface area (Å²) >= 11 is 12.2. The Kier molecular flexibility index (Phi) is 5.30. The molecule has 0 aliphatic heterocycles. The van der Waals surface area contributed by atoms with Gasteiger partial charge in [0.1, 0.15) is 5.75 Å². The highest BCUT2D eigenvalue weighted by molar-refractivity contribution is 6.31. The monoisotopic (exact) mass is 464 g/mol. The normalized spacial score (nSPS) is 11.1. The van der Waals surface area contributed by atoms with Crippen molar-refractivity contribution >= 4 is 28.8 Å². The SMILES string of the molecule is O=c1n(Cc2cnccn2)nc2c(Oc3cccc(Cl)c3)c(-c3ccc(Cl)cc3)cnn12. The third-order valence-electron chi connectivity index (χ3n) is 4.67. The van der Waals surface area contributed by atoms with Gasteiger partial charge in [0, 0.05) is 28.0 Å². The third-order valence-corrected chi connectivity index (χ3v) is 5.15. The first kappa shape index (κ1) is 20.2. The first-order valence-electron chi connectivity index (χ1n) is 9.51. The Labute approximate surface area is 191 Å². The second kappa shape index (κ2) is 8.41. The summed E-state index contributed by atoms with van der Waals surface area (Å²) in [6.45, 7) is 0.142. The summed E-state index contributed by atoms with van der Waals surface area (Å²) in [6.07, 6.45) is 6.26. The third kappa shape index (κ3) is 3.93. The summed E-state index contributed by atoms with van der Waals surface area (Å²) in [5.74, 6) is 0.858. The molecule has 0 saturated heterocycles. The summed E-state index contributed by atoms with van der Waals surface area (Å²) in [5.41, 5.74) is 1.87. The summed E-state index contributed by atoms with van der Waals surface area (Å²) in [4.78, 5) is 21.2. The van der Waals surface area contributed by atoms with Crippen molar-refractivity contribution < 1.29 is 4.74 Å². The van der Waals surface area contributed by atoms with Crippen LogP contribution in [0.25, 0.3) is 16.8 Å². The smallest absolute Gasteiger partial charge is 0.367 e. The van der Waals surface area contributed by atoms with Crippen LogP contribution >= 0.6 is 23.2 Å². The number of aromatic nitrogens is 6. The zero-order chi connectivity index (χ0) is 22.1. The van der Waals surface area contributed by atoms with Gasteiger partial charge in [0.05, 0.1) is 24.6 Å². The second-order valence-electron chi connectivity index (χ2n) is 6.83. The van der Waals surface area contributed by atoms with Crippen LogP contribution in [0, 0.1) is 0 Å². The molecule has 8 nitrogen and oxygen atoms in total. The van der Waals surface area contributed by atoms with Crippen molar-refractivity contribution in [1.82, 2.24) is 29.4 Å². The maximum atomic E-state index is 12.9. The van der Waals surface area contributed by atoms with Crippen LogP contribution < -0.4 is 10.4 Å². The molecule has 0 aliphatic carbocycles. The van der Waals surface area contributed by atoms with Crippen LogP contribution in [0.15, 0.2) is 78.1 Å². The molecule has 0 N–H and O–H groups in total. The van der Waals surface area contributed by atoms with Gasteiger partial charge in [-0.05, 0) is 35.9 Å². The maximum absolute atomic E-state index is 12.9. The van der Waals surface area contributed by atoms with Crippen molar-refractivity contribution in [2.45, 2.75) is 6.54 Å². The maximum Gasteiger partial charge on any atom is 0.367 e. The van der Waals surface area contributed by atoms with Crippen LogP contribution in [0.3, 0.4) is 0 Å². The molecular formula is C22H14Cl2N6O2. The molecule has 0 atom stereocenters. The number of fused-ring (bicyclic) bond motifs is 1. The number of hydrogen-bond donors (Lipinski definition) is 0. The van der Waals surface area contributed by atoms with E-state index in [2.05, 4.69) is 20.2 Å². The molecule has 0 saturated carbocycles. The minimum Gasteiger partial charge on any atom is -0.453 e. The molecule has 0 unspecified atom stereocenters. The zero-order valence-corrected chi connectivity index (χ0v) is 17.9. The van der Waals surface area contributed by atoms with Crippen molar-refractivity contribution in [3.8, 4) is 22.6 Å². The standard InChI is InChI=1S/C22H14Cl2N6O2/c23-15-6-4-14(5-7-15)19-12-27-30-21(20(19)32-18-3-1-2-16(24)10-18)28-29(22(30)31)13-17-11-25-8-9-26-17/h1-12H,13H2. The minimum atomic E-state index is -0.427. The average molecular weight is 465 g/mol. The fourth-order valence-corrected chi connectivity index (χ4v) is 3.50. The highest BCUT2D eigenvalue weighted by Crippen LogP contribution is 2.36. The van der Waals surface area contributed by atoms with Gasteiger partial charge in [-0.15, -0.1) is 5.10 Å². The van der Waals surface area contributed by atoms with E-state index in [1.54, 1.807) is 61.2 Å². The molecule has 3 heterocycles. The van der Waals surface area contributed by atoms with E-state index in [-0.39, 0.29) is 12.2 Å². The van der Waals surface area contributed by atoms with Gasteiger partial charge in [0.25, 0.3) is 0 Å². The number of ether oxygens (including phenoxy) is 1. The molecule has 0 radical (unpaired) electrons. The Balaban J connectivity index is 1.69. The van der Waals surface area contributed by atoms with E-state index in [4.69, 9.17) is 27.9 Å². The minimum absolute atomic E-state index is 0.142. The first-order valence-corrected chi connectivity index (χ1v) is 10.3. The molecule has 158 valence electrons. The Morgan fingerprint density at radius 3 is 2.56 bits per heavy atom. The van der Waals surface area contributed by atoms with Crippen LogP contribution in [-0.4, -0.2) is 29.4 Å². The number of halogens is 2. The fourth-order valence-electron chi connectivity index (χ4n) is 3.19. The van der Waals surface area contributed by atoms with Crippen molar-refractivity contribution in [2.75, 3.05) is 0 Å². The zero-order valence-electron chi connectivity index (χ0n) is 16.4. The van der Waals surface area contributed by atoms with E-state index in [0.29, 0.717) is 32.8 Å². The molecule has 5 rings (SSSR count). The van der Waals surface area contributed by atoms with Crippen molar-refractivity contribution in [3.63, 3.8) is 0 Å². The molecule has 5 aromatic rings. The molecule has 0 spiro atoms. The quantitative estimate of drug-likeness (QED) is 0.380. The molecule has 0 fully saturated rings. The van der Waals surface area contributed by atoms with E-state index in [1.807, 2.05) is 12.1 Å². The van der Waals surface area contributed by atoms with Gasteiger partial charge in [-0.1, -0.05) is 41.4 Å². The van der Waals surface area contributed by atoms with E-state index < -0.39 is 5.69 Å². The van der Waals surface area contributed by atoms with Crippen LogP contribution in [0.2, 0.25) is 10.0 Å². The molecule has 2 aromatic carbocycles. The lowest BCUT2D eigenvalue weighted by molar-refractivity contribution is 0.484. The fraction of sp³-hybridized carbons (Fsp3) is 0.0455. The summed E-state index contributed by atoms with van der Waals surface area (Å²) in [5, 5.41) is 9.91. The van der Waals surface area contributed by atoms with Crippen LogP contribution in [0.4, 0.5) is 0 Å². The van der Waals surface area contributed by atoms with E-state index in [9.17, 15) is 4.79 Å². The molecule has 0 amide bonds. The number of benzene rings is 2. The second-order valence-corrected chi connectivity index (χ2v) is 7.70. The molecule has 3 aromatic heterocycles. The lowest BCUT2D eigenvalue weighted by Crippen LogP contribution is -2.23. The molecule has 32 heavy (non-hydrogen) atoms. The van der Waals surface area contributed by atoms with E-state index in [1.165, 1.54) is 9.20 Å². The lowest BCUT2D eigenvalue weighted by Gasteiger charge is -2.12. The van der Waals surface area contributed by atoms with Crippen LogP contribution in [0.1, 0.15) is 5.69 Å². The summed E-state index contributed by atoms with van der Waals surface area (Å²) in [7, 11) is 0. The van der Waals surface area contributed by atoms with Crippen molar-refractivity contribution in [3.05, 3.63) is 99.5 Å². The number of hydrogen-bond acceptors (Lipinski definition) is 6. The summed E-state index contributed by atoms with van der Waals surface area (Å²) < 4.78 is 8.64. The lowest BCUT2D eigenvalue weighted by atomic mass is 10.1. The van der Waals surface area contributed by atoms with Gasteiger partial charge < -0.3 is 4.74 Å². The van der Waals surface area contributed by atoms with Crippen molar-refractivity contribution in [1.29, 1.82) is 0 Å². The average Bonchev–Trinajstić information content (AvgIpc) is 3.11. The Morgan fingerprint density at radius 1 is 0.969 bits per heavy atom. The Morgan fingerprint density at radius 2 is 1.81 bits per heavy atom. The molecular weight excluding hydrogens is 451 g/mol. The molecule has 0 bridgehead atoms. The predicted molar refractivity (Wildman–Crippen MR) is 120 cm³/mol. The number of nitrogens with zero attached hydrogens (tertiary/aromatic N) is 6.